The molecule has 2 aromatic rings. The average molecular weight is 414 g/mol. The lowest BCUT2D eigenvalue weighted by molar-refractivity contribution is 0.409. The molecule has 0 saturated heterocycles. The van der Waals surface area contributed by atoms with Gasteiger partial charge in [0.25, 0.3) is 0 Å². The van der Waals surface area contributed by atoms with Crippen LogP contribution in [0.15, 0.2) is 39.3 Å². The van der Waals surface area contributed by atoms with Crippen molar-refractivity contribution in [2.24, 2.45) is 0 Å². The van der Waals surface area contributed by atoms with Gasteiger partial charge in [-0.3, -0.25) is 0 Å². The highest BCUT2D eigenvalue weighted by Crippen LogP contribution is 2.34. The highest BCUT2D eigenvalue weighted by molar-refractivity contribution is 9.11. The predicted molar refractivity (Wildman–Crippen MR) is 86.8 cm³/mol. The van der Waals surface area contributed by atoms with Crippen LogP contribution in [0.1, 0.15) is 11.1 Å². The first-order chi connectivity index (χ1) is 10.0. The normalized spacial score (nSPS) is 10.0. The smallest absolute Gasteiger partial charge is 0.147 e. The minimum atomic E-state index is -0.444. The fraction of sp³-hybridized carbons (Fsp3) is 0.133. The summed E-state index contributed by atoms with van der Waals surface area (Å²) in [5.41, 5.74) is 1.61. The van der Waals surface area contributed by atoms with Gasteiger partial charge in [-0.05, 0) is 67.8 Å². The van der Waals surface area contributed by atoms with Crippen LogP contribution in [-0.2, 0) is 6.54 Å². The Morgan fingerprint density at radius 1 is 1.24 bits per heavy atom. The quantitative estimate of drug-likeness (QED) is 0.779. The van der Waals surface area contributed by atoms with Gasteiger partial charge in [-0.25, -0.2) is 4.39 Å². The third-order valence-corrected chi connectivity index (χ3v) is 4.02. The van der Waals surface area contributed by atoms with Gasteiger partial charge in [0.15, 0.2) is 0 Å². The SMILES string of the molecule is COc1c(Br)cc(CNc2ccc(C#N)cc2F)cc1Br. The standard InChI is InChI=1S/C15H11Br2FN2O/c1-21-15-11(16)4-10(5-12(15)17)8-20-14-3-2-9(7-19)6-13(14)18/h2-6,20H,8H2,1H3. The predicted octanol–water partition coefficient (Wildman–Crippen LogP) is 4.84. The first-order valence-corrected chi connectivity index (χ1v) is 7.59. The Hall–Kier alpha value is -1.58. The van der Waals surface area contributed by atoms with Crippen LogP contribution in [0.2, 0.25) is 0 Å². The van der Waals surface area contributed by atoms with Crippen LogP contribution >= 0.6 is 31.9 Å². The molecule has 0 aliphatic rings. The topological polar surface area (TPSA) is 45.0 Å². The third-order valence-electron chi connectivity index (χ3n) is 2.84. The molecule has 1 N–H and O–H groups in total. The number of anilines is 1. The number of rotatable bonds is 4. The lowest BCUT2D eigenvalue weighted by atomic mass is 10.2. The lowest BCUT2D eigenvalue weighted by Gasteiger charge is -2.11. The maximum atomic E-state index is 13.8. The molecule has 0 atom stereocenters. The molecule has 2 aromatic carbocycles. The van der Waals surface area contributed by atoms with Gasteiger partial charge in [0.05, 0.1) is 33.4 Å². The molecular formula is C15H11Br2FN2O. The van der Waals surface area contributed by atoms with Gasteiger partial charge in [-0.15, -0.1) is 0 Å². The van der Waals surface area contributed by atoms with Gasteiger partial charge >= 0.3 is 0 Å². The van der Waals surface area contributed by atoms with Gasteiger partial charge in [0.2, 0.25) is 0 Å². The maximum absolute atomic E-state index is 13.8. The second-order valence-corrected chi connectivity index (χ2v) is 5.96. The Balaban J connectivity index is 2.15. The van der Waals surface area contributed by atoms with Crippen molar-refractivity contribution in [3.63, 3.8) is 0 Å². The summed E-state index contributed by atoms with van der Waals surface area (Å²) >= 11 is 6.85. The van der Waals surface area contributed by atoms with Crippen molar-refractivity contribution < 1.29 is 9.13 Å². The molecule has 0 aliphatic carbocycles. The molecule has 0 bridgehead atoms. The van der Waals surface area contributed by atoms with Gasteiger partial charge in [-0.1, -0.05) is 0 Å². The number of ether oxygens (including phenoxy) is 1. The first kappa shape index (κ1) is 15.8. The Labute approximate surface area is 139 Å². The van der Waals surface area contributed by atoms with Crippen LogP contribution in [0, 0.1) is 17.1 Å². The number of nitriles is 1. The fourth-order valence-corrected chi connectivity index (χ4v) is 3.44. The van der Waals surface area contributed by atoms with Crippen LogP contribution in [-0.4, -0.2) is 7.11 Å². The number of halogens is 3. The van der Waals surface area contributed by atoms with Crippen LogP contribution in [0.4, 0.5) is 10.1 Å². The van der Waals surface area contributed by atoms with Crippen LogP contribution in [0.25, 0.3) is 0 Å². The van der Waals surface area contributed by atoms with Crippen molar-refractivity contribution in [2.45, 2.75) is 6.54 Å². The monoisotopic (exact) mass is 412 g/mol. The summed E-state index contributed by atoms with van der Waals surface area (Å²) in [6.07, 6.45) is 0. The van der Waals surface area contributed by atoms with E-state index in [2.05, 4.69) is 37.2 Å². The Bertz CT molecular complexity index is 690. The van der Waals surface area contributed by atoms with Crippen molar-refractivity contribution in [1.82, 2.24) is 0 Å². The summed E-state index contributed by atoms with van der Waals surface area (Å²) in [5.74, 6) is 0.268. The molecule has 0 aromatic heterocycles. The number of hydrogen-bond donors (Lipinski definition) is 1. The minimum Gasteiger partial charge on any atom is -0.494 e. The zero-order chi connectivity index (χ0) is 15.4. The summed E-state index contributed by atoms with van der Waals surface area (Å²) < 4.78 is 20.6. The zero-order valence-corrected chi connectivity index (χ0v) is 14.3. The summed E-state index contributed by atoms with van der Waals surface area (Å²) in [7, 11) is 1.59. The second-order valence-electron chi connectivity index (χ2n) is 4.25. The van der Waals surface area contributed by atoms with E-state index in [9.17, 15) is 4.39 Å². The molecule has 3 nitrogen and oxygen atoms in total. The number of nitrogens with zero attached hydrogens (tertiary/aromatic N) is 1. The fourth-order valence-electron chi connectivity index (χ4n) is 1.83. The van der Waals surface area contributed by atoms with Gasteiger partial charge in [0, 0.05) is 6.54 Å². The molecule has 0 fully saturated rings. The van der Waals surface area contributed by atoms with E-state index in [1.807, 2.05) is 18.2 Å². The van der Waals surface area contributed by atoms with Crippen molar-refractivity contribution in [1.29, 1.82) is 5.26 Å². The Morgan fingerprint density at radius 2 is 1.90 bits per heavy atom. The van der Waals surface area contributed by atoms with Gasteiger partial charge in [0.1, 0.15) is 11.6 Å². The van der Waals surface area contributed by atoms with Crippen LogP contribution in [0.3, 0.4) is 0 Å². The second kappa shape index (κ2) is 6.92. The molecule has 0 aliphatic heterocycles. The average Bonchev–Trinajstić information content (AvgIpc) is 2.45. The van der Waals surface area contributed by atoms with E-state index in [-0.39, 0.29) is 0 Å². The van der Waals surface area contributed by atoms with Crippen molar-refractivity contribution in [3.8, 4) is 11.8 Å². The third kappa shape index (κ3) is 3.74. The summed E-state index contributed by atoms with van der Waals surface area (Å²) in [6, 6.07) is 10.0. The van der Waals surface area contributed by atoms with Gasteiger partial charge in [-0.2, -0.15) is 5.26 Å². The van der Waals surface area contributed by atoms with E-state index in [0.29, 0.717) is 23.5 Å². The van der Waals surface area contributed by atoms with Crippen molar-refractivity contribution in [2.75, 3.05) is 12.4 Å². The molecule has 0 amide bonds. The van der Waals surface area contributed by atoms with Crippen molar-refractivity contribution in [3.05, 3.63) is 56.2 Å². The van der Waals surface area contributed by atoms with Crippen LogP contribution in [0.5, 0.6) is 5.75 Å². The van der Waals surface area contributed by atoms with Crippen molar-refractivity contribution >= 4 is 37.5 Å². The zero-order valence-electron chi connectivity index (χ0n) is 11.1. The largest absolute Gasteiger partial charge is 0.494 e. The number of methoxy groups -OCH3 is 1. The van der Waals surface area contributed by atoms with E-state index in [1.165, 1.54) is 6.07 Å². The van der Waals surface area contributed by atoms with E-state index in [0.717, 1.165) is 14.5 Å². The molecule has 0 spiro atoms. The molecule has 108 valence electrons. The lowest BCUT2D eigenvalue weighted by Crippen LogP contribution is -2.02. The Kier molecular flexibility index (Phi) is 5.21. The van der Waals surface area contributed by atoms with E-state index in [1.54, 1.807) is 19.2 Å². The maximum Gasteiger partial charge on any atom is 0.147 e. The number of nitrogens with one attached hydrogen (secondary N) is 1. The first-order valence-electron chi connectivity index (χ1n) is 6.00. The Morgan fingerprint density at radius 3 is 2.43 bits per heavy atom. The van der Waals surface area contributed by atoms with E-state index < -0.39 is 5.82 Å². The van der Waals surface area contributed by atoms with E-state index >= 15 is 0 Å². The molecule has 0 radical (unpaired) electrons. The highest BCUT2D eigenvalue weighted by Gasteiger charge is 2.09. The molecular weight excluding hydrogens is 403 g/mol. The molecule has 6 heteroatoms. The molecule has 21 heavy (non-hydrogen) atoms. The number of hydrogen-bond acceptors (Lipinski definition) is 3. The highest BCUT2D eigenvalue weighted by atomic mass is 79.9. The molecule has 0 saturated carbocycles. The van der Waals surface area contributed by atoms with Crippen LogP contribution < -0.4 is 10.1 Å². The minimum absolute atomic E-state index is 0.299. The summed E-state index contributed by atoms with van der Waals surface area (Å²) in [6.45, 7) is 0.448. The summed E-state index contributed by atoms with van der Waals surface area (Å²) in [4.78, 5) is 0. The summed E-state index contributed by atoms with van der Waals surface area (Å²) in [5, 5.41) is 11.7. The number of benzene rings is 2. The van der Waals surface area contributed by atoms with Gasteiger partial charge < -0.3 is 10.1 Å². The molecule has 0 heterocycles. The molecule has 0 unspecified atom stereocenters. The molecule has 2 rings (SSSR count). The van der Waals surface area contributed by atoms with E-state index in [4.69, 9.17) is 10.00 Å².